The van der Waals surface area contributed by atoms with Gasteiger partial charge in [-0.1, -0.05) is 81.5 Å². The van der Waals surface area contributed by atoms with Gasteiger partial charge in [-0.3, -0.25) is 4.90 Å². The fourth-order valence-electron chi connectivity index (χ4n) is 3.27. The zero-order valence-corrected chi connectivity index (χ0v) is 17.4. The summed E-state index contributed by atoms with van der Waals surface area (Å²) in [7, 11) is 0. The van der Waals surface area contributed by atoms with Gasteiger partial charge in [-0.25, -0.2) is 0 Å². The van der Waals surface area contributed by atoms with Crippen LogP contribution in [0.4, 0.5) is 0 Å². The minimum atomic E-state index is 0. The number of allylic oxidation sites excluding steroid dienone is 1. The van der Waals surface area contributed by atoms with Crippen molar-refractivity contribution in [3.63, 3.8) is 0 Å². The Morgan fingerprint density at radius 1 is 1.00 bits per heavy atom. The van der Waals surface area contributed by atoms with Gasteiger partial charge in [0.1, 0.15) is 0 Å². The molecule has 1 aliphatic carbocycles. The molecule has 2 heteroatoms. The topological polar surface area (TPSA) is 3.24 Å². The van der Waals surface area contributed by atoms with Crippen LogP contribution in [0, 0.1) is 0 Å². The van der Waals surface area contributed by atoms with Crippen molar-refractivity contribution in [2.45, 2.75) is 65.1 Å². The summed E-state index contributed by atoms with van der Waals surface area (Å²) in [5.74, 6) is 0. The average molecular weight is 370 g/mol. The second kappa shape index (κ2) is 8.41. The summed E-state index contributed by atoms with van der Waals surface area (Å²) in [6.07, 6.45) is 2.67. The fourth-order valence-corrected chi connectivity index (χ4v) is 3.27. The summed E-state index contributed by atoms with van der Waals surface area (Å²) >= 11 is 0. The molecule has 0 amide bonds. The van der Waals surface area contributed by atoms with Crippen LogP contribution in [0.2, 0.25) is 0 Å². The van der Waals surface area contributed by atoms with Gasteiger partial charge in [0.25, 0.3) is 0 Å². The predicted octanol–water partition coefficient (Wildman–Crippen LogP) is 6.60. The summed E-state index contributed by atoms with van der Waals surface area (Å²) in [6, 6.07) is 18.8. The van der Waals surface area contributed by atoms with Crippen molar-refractivity contribution in [3.05, 3.63) is 77.4 Å². The molecule has 1 saturated carbocycles. The van der Waals surface area contributed by atoms with Crippen LogP contribution < -0.4 is 0 Å². The van der Waals surface area contributed by atoms with E-state index in [1.54, 1.807) is 0 Å². The van der Waals surface area contributed by atoms with E-state index in [9.17, 15) is 0 Å². The van der Waals surface area contributed by atoms with E-state index in [1.807, 2.05) is 0 Å². The lowest BCUT2D eigenvalue weighted by molar-refractivity contribution is 0.245. The summed E-state index contributed by atoms with van der Waals surface area (Å²) in [4.78, 5) is 2.63. The molecule has 1 fully saturated rings. The highest BCUT2D eigenvalue weighted by Gasteiger charge is 2.29. The van der Waals surface area contributed by atoms with Gasteiger partial charge in [0.05, 0.1) is 0 Å². The van der Waals surface area contributed by atoms with E-state index < -0.39 is 0 Å². The molecule has 0 N–H and O–H groups in total. The van der Waals surface area contributed by atoms with Crippen LogP contribution in [0.5, 0.6) is 0 Å². The van der Waals surface area contributed by atoms with Crippen LogP contribution in [0.25, 0.3) is 5.57 Å². The maximum absolute atomic E-state index is 4.08. The van der Waals surface area contributed by atoms with Gasteiger partial charge in [-0.15, -0.1) is 12.4 Å². The molecular formula is C24H32ClN. The maximum Gasteiger partial charge on any atom is 0.0240 e. The summed E-state index contributed by atoms with van der Waals surface area (Å²) in [5, 5.41) is 0. The van der Waals surface area contributed by atoms with Gasteiger partial charge in [0, 0.05) is 19.1 Å². The highest BCUT2D eigenvalue weighted by Crippen LogP contribution is 2.31. The summed E-state index contributed by atoms with van der Waals surface area (Å²) in [5.41, 5.74) is 6.82. The molecule has 0 spiro atoms. The average Bonchev–Trinajstić information content (AvgIpc) is 3.39. The largest absolute Gasteiger partial charge is 0.292 e. The van der Waals surface area contributed by atoms with E-state index in [0.717, 1.165) is 24.7 Å². The van der Waals surface area contributed by atoms with Crippen molar-refractivity contribution in [2.75, 3.05) is 0 Å². The highest BCUT2D eigenvalue weighted by molar-refractivity contribution is 5.85. The molecule has 140 valence electrons. The molecule has 0 bridgehead atoms. The summed E-state index contributed by atoms with van der Waals surface area (Å²) < 4.78 is 0. The summed E-state index contributed by atoms with van der Waals surface area (Å²) in [6.45, 7) is 15.0. The quantitative estimate of drug-likeness (QED) is 0.554. The van der Waals surface area contributed by atoms with Crippen LogP contribution >= 0.6 is 12.4 Å². The van der Waals surface area contributed by atoms with Gasteiger partial charge in [-0.05, 0) is 47.4 Å². The first-order chi connectivity index (χ1) is 11.8. The van der Waals surface area contributed by atoms with E-state index in [1.165, 1.54) is 35.1 Å². The monoisotopic (exact) mass is 369 g/mol. The third-order valence-corrected chi connectivity index (χ3v) is 5.07. The molecule has 2 aromatic carbocycles. The SMILES string of the molecule is C=C(C)c1cccc(CN(Cc2ccc(C(C)(C)C)cc2)C2CC2)c1.Cl. The first-order valence-corrected chi connectivity index (χ1v) is 9.41. The Balaban J connectivity index is 0.00000243. The van der Waals surface area contributed by atoms with E-state index in [4.69, 9.17) is 0 Å². The minimum absolute atomic E-state index is 0. The lowest BCUT2D eigenvalue weighted by Gasteiger charge is -2.24. The Hall–Kier alpha value is -1.57. The number of nitrogens with zero attached hydrogens (tertiary/aromatic N) is 1. The molecule has 1 nitrogen and oxygen atoms in total. The number of rotatable bonds is 6. The van der Waals surface area contributed by atoms with Crippen molar-refractivity contribution in [1.29, 1.82) is 0 Å². The molecular weight excluding hydrogens is 338 g/mol. The number of benzene rings is 2. The van der Waals surface area contributed by atoms with Crippen molar-refractivity contribution in [3.8, 4) is 0 Å². The second-order valence-electron chi connectivity index (χ2n) is 8.56. The Bertz CT molecular complexity index is 736. The van der Waals surface area contributed by atoms with E-state index in [-0.39, 0.29) is 17.8 Å². The second-order valence-corrected chi connectivity index (χ2v) is 8.56. The predicted molar refractivity (Wildman–Crippen MR) is 116 cm³/mol. The lowest BCUT2D eigenvalue weighted by atomic mass is 9.87. The molecule has 0 atom stereocenters. The first-order valence-electron chi connectivity index (χ1n) is 9.41. The molecule has 0 heterocycles. The standard InChI is InChI=1S/C24H31N.ClH/c1-18(2)21-8-6-7-20(15-21)17-25(23-13-14-23)16-19-9-11-22(12-10-19)24(3,4)5;/h6-12,15,23H,1,13-14,16-17H2,2-5H3;1H. The Labute approximate surface area is 165 Å². The van der Waals surface area contributed by atoms with Gasteiger partial charge in [0.2, 0.25) is 0 Å². The van der Waals surface area contributed by atoms with Crippen molar-refractivity contribution in [1.82, 2.24) is 4.90 Å². The smallest absolute Gasteiger partial charge is 0.0240 e. The zero-order chi connectivity index (χ0) is 18.0. The fraction of sp³-hybridized carbons (Fsp3) is 0.417. The molecule has 26 heavy (non-hydrogen) atoms. The third-order valence-electron chi connectivity index (χ3n) is 5.07. The van der Waals surface area contributed by atoms with Crippen LogP contribution in [-0.4, -0.2) is 10.9 Å². The Morgan fingerprint density at radius 3 is 2.15 bits per heavy atom. The van der Waals surface area contributed by atoms with E-state index >= 15 is 0 Å². The van der Waals surface area contributed by atoms with Gasteiger partial charge in [0.15, 0.2) is 0 Å². The van der Waals surface area contributed by atoms with Crippen LogP contribution in [-0.2, 0) is 18.5 Å². The maximum atomic E-state index is 4.08. The molecule has 0 aromatic heterocycles. The normalized spacial score (nSPS) is 14.2. The number of hydrogen-bond donors (Lipinski definition) is 0. The van der Waals surface area contributed by atoms with Crippen LogP contribution in [0.3, 0.4) is 0 Å². The van der Waals surface area contributed by atoms with Crippen molar-refractivity contribution >= 4 is 18.0 Å². The van der Waals surface area contributed by atoms with E-state index in [2.05, 4.69) is 87.7 Å². The molecule has 0 aliphatic heterocycles. The molecule has 0 saturated heterocycles. The van der Waals surface area contributed by atoms with Gasteiger partial charge < -0.3 is 0 Å². The lowest BCUT2D eigenvalue weighted by Crippen LogP contribution is -2.25. The van der Waals surface area contributed by atoms with Crippen LogP contribution in [0.1, 0.15) is 62.8 Å². The first kappa shape index (κ1) is 20.7. The van der Waals surface area contributed by atoms with E-state index in [0.29, 0.717) is 0 Å². The minimum Gasteiger partial charge on any atom is -0.292 e. The molecule has 1 aliphatic rings. The highest BCUT2D eigenvalue weighted by atomic mass is 35.5. The van der Waals surface area contributed by atoms with Crippen LogP contribution in [0.15, 0.2) is 55.1 Å². The number of halogens is 1. The molecule has 0 unspecified atom stereocenters. The van der Waals surface area contributed by atoms with Crippen molar-refractivity contribution in [2.24, 2.45) is 0 Å². The number of hydrogen-bond acceptors (Lipinski definition) is 1. The third kappa shape index (κ3) is 5.46. The molecule has 2 aromatic rings. The molecule has 3 rings (SSSR count). The van der Waals surface area contributed by atoms with Gasteiger partial charge in [-0.2, -0.15) is 0 Å². The van der Waals surface area contributed by atoms with Gasteiger partial charge >= 0.3 is 0 Å². The molecule has 0 radical (unpaired) electrons. The zero-order valence-electron chi connectivity index (χ0n) is 16.6. The Morgan fingerprint density at radius 2 is 1.62 bits per heavy atom. The Kier molecular flexibility index (Phi) is 6.71. The van der Waals surface area contributed by atoms with Crippen molar-refractivity contribution < 1.29 is 0 Å².